The van der Waals surface area contributed by atoms with Crippen molar-refractivity contribution in [2.75, 3.05) is 6.61 Å². The van der Waals surface area contributed by atoms with Crippen molar-refractivity contribution in [3.63, 3.8) is 0 Å². The van der Waals surface area contributed by atoms with E-state index in [1.165, 1.54) is 6.42 Å². The predicted octanol–water partition coefficient (Wildman–Crippen LogP) is 2.77. The average Bonchev–Trinajstić information content (AvgIpc) is 1.90. The van der Waals surface area contributed by atoms with Crippen LogP contribution in [0.5, 0.6) is 0 Å². The van der Waals surface area contributed by atoms with E-state index < -0.39 is 0 Å². The van der Waals surface area contributed by atoms with Gasteiger partial charge in [0.2, 0.25) is 0 Å². The minimum atomic E-state index is -0.0880. The SMILES string of the molecule is CCC.CCCC(=O)OCC. The van der Waals surface area contributed by atoms with E-state index in [4.69, 9.17) is 0 Å². The van der Waals surface area contributed by atoms with Gasteiger partial charge in [-0.2, -0.15) is 0 Å². The highest BCUT2D eigenvalue weighted by Crippen LogP contribution is 1.89. The molecule has 11 heavy (non-hydrogen) atoms. The first-order valence-corrected chi connectivity index (χ1v) is 4.38. The van der Waals surface area contributed by atoms with Gasteiger partial charge in [-0.1, -0.05) is 27.2 Å². The molecule has 0 saturated carbocycles. The molecule has 0 aromatic carbocycles. The third-order valence-electron chi connectivity index (χ3n) is 0.759. The molecule has 0 heterocycles. The van der Waals surface area contributed by atoms with Crippen LogP contribution in [0.4, 0.5) is 0 Å². The lowest BCUT2D eigenvalue weighted by Crippen LogP contribution is -2.01. The average molecular weight is 160 g/mol. The lowest BCUT2D eigenvalue weighted by molar-refractivity contribution is -0.143. The summed E-state index contributed by atoms with van der Waals surface area (Å²) in [5.41, 5.74) is 0. The van der Waals surface area contributed by atoms with Crippen LogP contribution in [0.3, 0.4) is 0 Å². The quantitative estimate of drug-likeness (QED) is 0.593. The minimum Gasteiger partial charge on any atom is -0.466 e. The van der Waals surface area contributed by atoms with E-state index in [0.29, 0.717) is 13.0 Å². The molecule has 0 fully saturated rings. The number of rotatable bonds is 3. The van der Waals surface area contributed by atoms with Crippen LogP contribution in [0.1, 0.15) is 47.0 Å². The fourth-order valence-corrected chi connectivity index (χ4v) is 0.437. The molecule has 0 atom stereocenters. The second-order valence-electron chi connectivity index (χ2n) is 2.26. The molecule has 0 saturated heterocycles. The van der Waals surface area contributed by atoms with Gasteiger partial charge < -0.3 is 4.74 Å². The Morgan fingerprint density at radius 1 is 1.18 bits per heavy atom. The van der Waals surface area contributed by atoms with E-state index in [1.54, 1.807) is 0 Å². The third-order valence-corrected chi connectivity index (χ3v) is 0.759. The van der Waals surface area contributed by atoms with Gasteiger partial charge in [-0.25, -0.2) is 0 Å². The van der Waals surface area contributed by atoms with Gasteiger partial charge in [0.25, 0.3) is 0 Å². The number of esters is 1. The summed E-state index contributed by atoms with van der Waals surface area (Å²) in [6.07, 6.45) is 2.67. The lowest BCUT2D eigenvalue weighted by Gasteiger charge is -1.96. The van der Waals surface area contributed by atoms with Gasteiger partial charge in [0.05, 0.1) is 6.61 Å². The van der Waals surface area contributed by atoms with Crippen molar-refractivity contribution in [1.82, 2.24) is 0 Å². The molecule has 0 unspecified atom stereocenters. The van der Waals surface area contributed by atoms with E-state index in [1.807, 2.05) is 13.8 Å². The van der Waals surface area contributed by atoms with Crippen LogP contribution >= 0.6 is 0 Å². The number of hydrogen-bond acceptors (Lipinski definition) is 2. The standard InChI is InChI=1S/C6H12O2.C3H8/c1-3-5-6(7)8-4-2;1-3-2/h3-5H2,1-2H3;3H2,1-2H3. The van der Waals surface area contributed by atoms with Crippen LogP contribution in [0.25, 0.3) is 0 Å². The summed E-state index contributed by atoms with van der Waals surface area (Å²) in [4.78, 5) is 10.4. The molecular weight excluding hydrogens is 140 g/mol. The zero-order valence-electron chi connectivity index (χ0n) is 8.14. The van der Waals surface area contributed by atoms with Gasteiger partial charge in [0, 0.05) is 6.42 Å². The van der Waals surface area contributed by atoms with Gasteiger partial charge in [0.15, 0.2) is 0 Å². The maximum atomic E-state index is 10.4. The Morgan fingerprint density at radius 2 is 1.64 bits per heavy atom. The Labute approximate surface area is 69.9 Å². The summed E-state index contributed by atoms with van der Waals surface area (Å²) in [6.45, 7) is 8.52. The first-order valence-electron chi connectivity index (χ1n) is 4.38. The van der Waals surface area contributed by atoms with Crippen LogP contribution in [-0.4, -0.2) is 12.6 Å². The monoisotopic (exact) mass is 160 g/mol. The highest BCUT2D eigenvalue weighted by molar-refractivity contribution is 5.69. The summed E-state index contributed by atoms with van der Waals surface area (Å²) in [7, 11) is 0. The van der Waals surface area contributed by atoms with Crippen LogP contribution in [-0.2, 0) is 9.53 Å². The van der Waals surface area contributed by atoms with Crippen molar-refractivity contribution in [3.8, 4) is 0 Å². The van der Waals surface area contributed by atoms with Crippen molar-refractivity contribution in [1.29, 1.82) is 0 Å². The van der Waals surface area contributed by atoms with Gasteiger partial charge in [-0.05, 0) is 13.3 Å². The molecule has 68 valence electrons. The molecule has 0 bridgehead atoms. The Morgan fingerprint density at radius 3 is 1.91 bits per heavy atom. The van der Waals surface area contributed by atoms with Crippen LogP contribution in [0.15, 0.2) is 0 Å². The lowest BCUT2D eigenvalue weighted by atomic mass is 10.3. The van der Waals surface area contributed by atoms with Crippen molar-refractivity contribution in [2.24, 2.45) is 0 Å². The molecule has 2 heteroatoms. The Hall–Kier alpha value is -0.530. The van der Waals surface area contributed by atoms with E-state index >= 15 is 0 Å². The molecule has 0 radical (unpaired) electrons. The molecule has 0 aromatic rings. The zero-order valence-corrected chi connectivity index (χ0v) is 8.14. The van der Waals surface area contributed by atoms with Crippen molar-refractivity contribution < 1.29 is 9.53 Å². The predicted molar refractivity (Wildman–Crippen MR) is 47.5 cm³/mol. The molecule has 0 amide bonds. The van der Waals surface area contributed by atoms with Crippen molar-refractivity contribution in [3.05, 3.63) is 0 Å². The normalized spacial score (nSPS) is 8.00. The summed E-state index contributed by atoms with van der Waals surface area (Å²) in [5, 5.41) is 0. The van der Waals surface area contributed by atoms with Crippen molar-refractivity contribution >= 4 is 5.97 Å². The Balaban J connectivity index is 0. The summed E-state index contributed by atoms with van der Waals surface area (Å²) in [6, 6.07) is 0. The molecule has 0 spiro atoms. The second-order valence-corrected chi connectivity index (χ2v) is 2.26. The molecule has 0 aliphatic carbocycles. The smallest absolute Gasteiger partial charge is 0.305 e. The molecule has 0 aliphatic rings. The fraction of sp³-hybridized carbons (Fsp3) is 0.889. The first-order chi connectivity index (χ1) is 5.22. The summed E-state index contributed by atoms with van der Waals surface area (Å²) >= 11 is 0. The number of carbonyl (C=O) groups is 1. The maximum absolute atomic E-state index is 10.4. The number of carbonyl (C=O) groups excluding carboxylic acids is 1. The van der Waals surface area contributed by atoms with Gasteiger partial charge in [-0.3, -0.25) is 4.79 Å². The minimum absolute atomic E-state index is 0.0880. The van der Waals surface area contributed by atoms with Gasteiger partial charge in [0.1, 0.15) is 0 Å². The van der Waals surface area contributed by atoms with E-state index in [2.05, 4.69) is 18.6 Å². The maximum Gasteiger partial charge on any atom is 0.305 e. The van der Waals surface area contributed by atoms with Crippen LogP contribution in [0.2, 0.25) is 0 Å². The second kappa shape index (κ2) is 12.2. The molecule has 0 aliphatic heterocycles. The topological polar surface area (TPSA) is 26.3 Å². The van der Waals surface area contributed by atoms with E-state index in [0.717, 1.165) is 6.42 Å². The van der Waals surface area contributed by atoms with Gasteiger partial charge in [-0.15, -0.1) is 0 Å². The Bertz CT molecular complexity index is 71.6. The van der Waals surface area contributed by atoms with Crippen molar-refractivity contribution in [2.45, 2.75) is 47.0 Å². The van der Waals surface area contributed by atoms with Crippen LogP contribution in [0, 0.1) is 0 Å². The molecule has 0 aromatic heterocycles. The molecular formula is C9H20O2. The van der Waals surface area contributed by atoms with Crippen LogP contribution < -0.4 is 0 Å². The Kier molecular flexibility index (Phi) is 14.5. The largest absolute Gasteiger partial charge is 0.466 e. The van der Waals surface area contributed by atoms with E-state index in [9.17, 15) is 4.79 Å². The summed E-state index contributed by atoms with van der Waals surface area (Å²) in [5.74, 6) is -0.0880. The third kappa shape index (κ3) is 17.7. The fourth-order valence-electron chi connectivity index (χ4n) is 0.437. The highest BCUT2D eigenvalue weighted by atomic mass is 16.5. The highest BCUT2D eigenvalue weighted by Gasteiger charge is 1.95. The van der Waals surface area contributed by atoms with E-state index in [-0.39, 0.29) is 5.97 Å². The molecule has 2 nitrogen and oxygen atoms in total. The first kappa shape index (κ1) is 13.1. The zero-order chi connectivity index (χ0) is 9.11. The number of ether oxygens (including phenoxy) is 1. The number of hydrogen-bond donors (Lipinski definition) is 0. The van der Waals surface area contributed by atoms with Gasteiger partial charge >= 0.3 is 5.97 Å². The molecule has 0 N–H and O–H groups in total. The summed E-state index contributed by atoms with van der Waals surface area (Å²) < 4.78 is 4.64. The molecule has 0 rings (SSSR count).